The molecule has 3 unspecified atom stereocenters. The molecule has 19 heteroatoms. The third kappa shape index (κ3) is 9.19. The molecule has 3 atom stereocenters. The van der Waals surface area contributed by atoms with Gasteiger partial charge in [-0.15, -0.1) is 4.94 Å². The van der Waals surface area contributed by atoms with E-state index in [0.29, 0.717) is 0 Å². The Morgan fingerprint density at radius 1 is 1.06 bits per heavy atom. The van der Waals surface area contributed by atoms with Crippen LogP contribution in [0.1, 0.15) is 13.3 Å². The van der Waals surface area contributed by atoms with Gasteiger partial charge in [0, 0.05) is 11.4 Å². The molecule has 0 amide bonds. The summed E-state index contributed by atoms with van der Waals surface area (Å²) in [7, 11) is 0. The van der Waals surface area contributed by atoms with Gasteiger partial charge in [-0.1, -0.05) is 0 Å². The molecule has 0 bridgehead atoms. The zero-order valence-electron chi connectivity index (χ0n) is 14.8. The van der Waals surface area contributed by atoms with Crippen LogP contribution in [-0.4, -0.2) is 62.1 Å². The van der Waals surface area contributed by atoms with E-state index in [0.717, 1.165) is 6.92 Å². The van der Waals surface area contributed by atoms with Crippen LogP contribution in [0.25, 0.3) is 0 Å². The Morgan fingerprint density at radius 2 is 1.58 bits per heavy atom. The molecule has 1 aliphatic rings. The second kappa shape index (κ2) is 11.3. The van der Waals surface area contributed by atoms with E-state index in [9.17, 15) is 57.8 Å². The summed E-state index contributed by atoms with van der Waals surface area (Å²) >= 11 is 0. The maximum Gasteiger partial charge on any atom is 0.449 e. The van der Waals surface area contributed by atoms with Gasteiger partial charge in [0.15, 0.2) is 12.8 Å². The van der Waals surface area contributed by atoms with E-state index in [-0.39, 0.29) is 4.70 Å². The van der Waals surface area contributed by atoms with Gasteiger partial charge in [0.2, 0.25) is 0 Å². The monoisotopic (exact) mass is 500 g/mol. The Morgan fingerprint density at radius 3 is 1.87 bits per heavy atom. The summed E-state index contributed by atoms with van der Waals surface area (Å²) in [6.45, 7) is -4.09. The van der Waals surface area contributed by atoms with Gasteiger partial charge in [-0.25, -0.2) is 14.1 Å². The van der Waals surface area contributed by atoms with Crippen LogP contribution in [0.3, 0.4) is 0 Å². The van der Waals surface area contributed by atoms with Gasteiger partial charge in [-0.05, 0) is 4.53 Å². The van der Waals surface area contributed by atoms with Crippen molar-refractivity contribution in [3.63, 3.8) is 0 Å². The van der Waals surface area contributed by atoms with Crippen molar-refractivity contribution in [2.45, 2.75) is 49.6 Å². The van der Waals surface area contributed by atoms with Gasteiger partial charge < -0.3 is 14.2 Å². The number of hydrogen-bond acceptors (Lipinski definition) is 6. The lowest BCUT2D eigenvalue weighted by molar-refractivity contribution is -0.445. The SMILES string of the molecule is CC1(C(=O)OF)OCC(C(F)(F)F)O1.F.FCC(OF)(OCCC(F)(F)F)C(F)(F)F. The molecule has 6 nitrogen and oxygen atoms in total. The van der Waals surface area contributed by atoms with E-state index in [2.05, 4.69) is 24.1 Å². The highest BCUT2D eigenvalue weighted by atomic mass is 19.4. The molecule has 0 saturated carbocycles. The van der Waals surface area contributed by atoms with E-state index in [1.807, 2.05) is 0 Å². The summed E-state index contributed by atoms with van der Waals surface area (Å²) in [6.07, 6.45) is -19.1. The first-order chi connectivity index (χ1) is 13.4. The van der Waals surface area contributed by atoms with E-state index in [1.165, 1.54) is 0 Å². The van der Waals surface area contributed by atoms with Gasteiger partial charge in [0.05, 0.1) is 19.6 Å². The summed E-state index contributed by atoms with van der Waals surface area (Å²) in [5.41, 5.74) is 0. The zero-order chi connectivity index (χ0) is 24.0. The second-order valence-electron chi connectivity index (χ2n) is 5.44. The molecule has 0 radical (unpaired) electrons. The standard InChI is InChI=1S/C6H6F8O2.C6H6F4O4.FH/c7-3-4(16-14,6(11,12)13)15-2-1-5(8,9)10;1-5(4(11)14-10)12-2-3(13-5)6(7,8)9;/h1-3H2;3H,2H2,1H3;1H. The lowest BCUT2D eigenvalue weighted by Gasteiger charge is -2.28. The molecular weight excluding hydrogens is 487 g/mol. The minimum absolute atomic E-state index is 0. The highest BCUT2D eigenvalue weighted by Crippen LogP contribution is 2.36. The first-order valence-electron chi connectivity index (χ1n) is 7.22. The molecule has 31 heavy (non-hydrogen) atoms. The van der Waals surface area contributed by atoms with Gasteiger partial charge in [-0.3, -0.25) is 4.70 Å². The Balaban J connectivity index is 0. The van der Waals surface area contributed by atoms with Crippen LogP contribution >= 0.6 is 0 Å². The molecule has 1 fully saturated rings. The number of hydrogen-bond donors (Lipinski definition) is 0. The molecule has 0 N–H and O–H groups in total. The third-order valence-electron chi connectivity index (χ3n) is 3.14. The molecular formula is C12H13F13O6. The minimum Gasteiger partial charge on any atom is -0.338 e. The van der Waals surface area contributed by atoms with Gasteiger partial charge in [0.1, 0.15) is 0 Å². The molecule has 1 heterocycles. The molecule has 0 aromatic heterocycles. The maximum absolute atomic E-state index is 12.0. The number of ether oxygens (including phenoxy) is 3. The molecule has 1 rings (SSSR count). The van der Waals surface area contributed by atoms with E-state index < -0.39 is 68.5 Å². The van der Waals surface area contributed by atoms with Crippen LogP contribution in [0.5, 0.6) is 0 Å². The second-order valence-corrected chi connectivity index (χ2v) is 5.44. The molecule has 0 aliphatic carbocycles. The Kier molecular flexibility index (Phi) is 11.5. The lowest BCUT2D eigenvalue weighted by atomic mass is 10.3. The topological polar surface area (TPSA) is 63.2 Å². The largest absolute Gasteiger partial charge is 0.449 e. The van der Waals surface area contributed by atoms with Crippen LogP contribution in [0, 0.1) is 0 Å². The molecule has 0 spiro atoms. The molecule has 188 valence electrons. The van der Waals surface area contributed by atoms with Crippen molar-refractivity contribution in [2.24, 2.45) is 0 Å². The minimum atomic E-state index is -5.62. The maximum atomic E-state index is 12.0. The quantitative estimate of drug-likeness (QED) is 0.400. The average Bonchev–Trinajstić information content (AvgIpc) is 3.00. The lowest BCUT2D eigenvalue weighted by Crippen LogP contribution is -2.51. The summed E-state index contributed by atoms with van der Waals surface area (Å²) in [6, 6.07) is 0. The van der Waals surface area contributed by atoms with E-state index >= 15 is 0 Å². The van der Waals surface area contributed by atoms with Crippen molar-refractivity contribution < 1.29 is 86.5 Å². The van der Waals surface area contributed by atoms with Crippen LogP contribution in [0.15, 0.2) is 0 Å². The Bertz CT molecular complexity index is 545. The first kappa shape index (κ1) is 31.6. The number of rotatable bonds is 6. The molecule has 0 aromatic rings. The van der Waals surface area contributed by atoms with Crippen LogP contribution < -0.4 is 0 Å². The fourth-order valence-corrected chi connectivity index (χ4v) is 1.53. The van der Waals surface area contributed by atoms with E-state index in [1.54, 1.807) is 0 Å². The zero-order valence-corrected chi connectivity index (χ0v) is 14.8. The van der Waals surface area contributed by atoms with Gasteiger partial charge in [0.25, 0.3) is 5.79 Å². The van der Waals surface area contributed by atoms with Gasteiger partial charge >= 0.3 is 30.3 Å². The number of alkyl halides is 10. The predicted octanol–water partition coefficient (Wildman–Crippen LogP) is 4.35. The fourth-order valence-electron chi connectivity index (χ4n) is 1.53. The molecule has 1 saturated heterocycles. The smallest absolute Gasteiger partial charge is 0.338 e. The van der Waals surface area contributed by atoms with Crippen molar-refractivity contribution in [2.75, 3.05) is 19.9 Å². The molecule has 0 aromatic carbocycles. The summed E-state index contributed by atoms with van der Waals surface area (Å²) in [5.74, 6) is -8.27. The Hall–Kier alpha value is -1.60. The summed E-state index contributed by atoms with van der Waals surface area (Å²) in [4.78, 5) is 15.6. The number of halogens is 13. The van der Waals surface area contributed by atoms with Crippen LogP contribution in [0.2, 0.25) is 0 Å². The third-order valence-corrected chi connectivity index (χ3v) is 3.14. The predicted molar refractivity (Wildman–Crippen MR) is 68.6 cm³/mol. The van der Waals surface area contributed by atoms with Crippen molar-refractivity contribution in [1.82, 2.24) is 0 Å². The normalized spacial score (nSPS) is 23.8. The average molecular weight is 500 g/mol. The number of carbonyl (C=O) groups excluding carboxylic acids is 1. The van der Waals surface area contributed by atoms with Crippen LogP contribution in [0.4, 0.5) is 57.7 Å². The highest BCUT2D eigenvalue weighted by Gasteiger charge is 2.60. The fraction of sp³-hybridized carbons (Fsp3) is 0.917. The van der Waals surface area contributed by atoms with Crippen molar-refractivity contribution in [3.8, 4) is 0 Å². The molecule has 1 aliphatic heterocycles. The first-order valence-corrected chi connectivity index (χ1v) is 7.22. The van der Waals surface area contributed by atoms with Crippen molar-refractivity contribution >= 4 is 5.97 Å². The number of carbonyl (C=O) groups is 1. The van der Waals surface area contributed by atoms with Gasteiger partial charge in [-0.2, -0.15) is 39.5 Å². The van der Waals surface area contributed by atoms with E-state index in [4.69, 9.17) is 0 Å². The summed E-state index contributed by atoms with van der Waals surface area (Å²) < 4.78 is 154. The van der Waals surface area contributed by atoms with Crippen molar-refractivity contribution in [1.29, 1.82) is 0 Å². The highest BCUT2D eigenvalue weighted by molar-refractivity contribution is 5.77. The van der Waals surface area contributed by atoms with Crippen molar-refractivity contribution in [3.05, 3.63) is 0 Å². The Labute approximate surface area is 163 Å². The summed E-state index contributed by atoms with van der Waals surface area (Å²) in [5, 5.41) is 0. The van der Waals surface area contributed by atoms with Crippen LogP contribution in [-0.2, 0) is 28.9 Å².